The predicted molar refractivity (Wildman–Crippen MR) is 76.6 cm³/mol. The average molecular weight is 309 g/mol. The summed E-state index contributed by atoms with van der Waals surface area (Å²) in [4.78, 5) is 14.9. The molecular formula is C14H8Cl2NO3-. The second-order valence-corrected chi connectivity index (χ2v) is 4.67. The van der Waals surface area contributed by atoms with Gasteiger partial charge >= 0.3 is 5.97 Å². The van der Waals surface area contributed by atoms with Gasteiger partial charge in [0.25, 0.3) is 0 Å². The summed E-state index contributed by atoms with van der Waals surface area (Å²) < 4.78 is 0. The summed E-state index contributed by atoms with van der Waals surface area (Å²) in [6.07, 6.45) is 1.27. The minimum Gasteiger partial charge on any atom is -0.872 e. The summed E-state index contributed by atoms with van der Waals surface area (Å²) in [5.41, 5.74) is 0.587. The van der Waals surface area contributed by atoms with Gasteiger partial charge in [0, 0.05) is 6.21 Å². The monoisotopic (exact) mass is 308 g/mol. The van der Waals surface area contributed by atoms with Gasteiger partial charge in [-0.2, -0.15) is 0 Å². The number of carbonyl (C=O) groups is 1. The first-order valence-electron chi connectivity index (χ1n) is 5.51. The zero-order valence-electron chi connectivity index (χ0n) is 10.0. The molecule has 2 rings (SSSR count). The van der Waals surface area contributed by atoms with E-state index < -0.39 is 5.97 Å². The standard InChI is InChI=1S/C14H9Cl2NO3/c15-10-2-1-3-11(13(10)16)17-7-9-6-8(14(19)20)4-5-12(9)18/h1-7,18H,(H,19,20)/p-1. The fourth-order valence-corrected chi connectivity index (χ4v) is 1.86. The largest absolute Gasteiger partial charge is 0.872 e. The summed E-state index contributed by atoms with van der Waals surface area (Å²) in [6.45, 7) is 0. The van der Waals surface area contributed by atoms with Crippen molar-refractivity contribution in [2.24, 2.45) is 4.99 Å². The van der Waals surface area contributed by atoms with Gasteiger partial charge in [0.2, 0.25) is 0 Å². The van der Waals surface area contributed by atoms with Crippen molar-refractivity contribution in [3.8, 4) is 5.75 Å². The van der Waals surface area contributed by atoms with Gasteiger partial charge in [-0.15, -0.1) is 5.75 Å². The molecule has 20 heavy (non-hydrogen) atoms. The number of rotatable bonds is 3. The summed E-state index contributed by atoms with van der Waals surface area (Å²) in [6, 6.07) is 8.61. The highest BCUT2D eigenvalue weighted by Crippen LogP contribution is 2.31. The lowest BCUT2D eigenvalue weighted by atomic mass is 10.1. The quantitative estimate of drug-likeness (QED) is 0.882. The molecule has 0 aliphatic heterocycles. The minimum atomic E-state index is -1.11. The van der Waals surface area contributed by atoms with Crippen LogP contribution in [-0.2, 0) is 0 Å². The van der Waals surface area contributed by atoms with E-state index in [1.54, 1.807) is 18.2 Å². The molecule has 0 amide bonds. The predicted octanol–water partition coefficient (Wildman–Crippen LogP) is 3.52. The summed E-state index contributed by atoms with van der Waals surface area (Å²) in [5, 5.41) is 21.1. The number of carboxylic acid groups (broad SMARTS) is 1. The number of hydrogen-bond acceptors (Lipinski definition) is 3. The van der Waals surface area contributed by atoms with Crippen LogP contribution in [0.5, 0.6) is 5.75 Å². The van der Waals surface area contributed by atoms with E-state index in [1.165, 1.54) is 24.4 Å². The summed E-state index contributed by atoms with van der Waals surface area (Å²) >= 11 is 11.8. The number of hydrogen-bond donors (Lipinski definition) is 1. The maximum absolute atomic E-state index is 11.6. The Morgan fingerprint density at radius 2 is 2.00 bits per heavy atom. The summed E-state index contributed by atoms with van der Waals surface area (Å²) in [5.74, 6) is -1.43. The molecule has 0 saturated carbocycles. The van der Waals surface area contributed by atoms with E-state index >= 15 is 0 Å². The lowest BCUT2D eigenvalue weighted by Crippen LogP contribution is -2.01. The van der Waals surface area contributed by atoms with Crippen LogP contribution in [0.3, 0.4) is 0 Å². The van der Waals surface area contributed by atoms with Crippen molar-refractivity contribution < 1.29 is 15.0 Å². The first kappa shape index (κ1) is 14.4. The van der Waals surface area contributed by atoms with Gasteiger partial charge in [0.1, 0.15) is 0 Å². The van der Waals surface area contributed by atoms with E-state index in [2.05, 4.69) is 4.99 Å². The van der Waals surface area contributed by atoms with Crippen LogP contribution in [0.4, 0.5) is 5.69 Å². The van der Waals surface area contributed by atoms with E-state index in [4.69, 9.17) is 28.3 Å². The summed E-state index contributed by atoms with van der Waals surface area (Å²) in [7, 11) is 0. The molecule has 1 N–H and O–H groups in total. The number of carboxylic acids is 1. The van der Waals surface area contributed by atoms with Crippen molar-refractivity contribution in [3.05, 3.63) is 57.6 Å². The second kappa shape index (κ2) is 5.94. The van der Waals surface area contributed by atoms with Crippen LogP contribution in [-0.4, -0.2) is 17.3 Å². The SMILES string of the molecule is O=C(O)c1ccc([O-])c(C=Nc2cccc(Cl)c2Cl)c1. The molecule has 4 nitrogen and oxygen atoms in total. The third-order valence-electron chi connectivity index (χ3n) is 2.53. The highest BCUT2D eigenvalue weighted by molar-refractivity contribution is 6.43. The second-order valence-electron chi connectivity index (χ2n) is 3.89. The van der Waals surface area contributed by atoms with Crippen LogP contribution in [0.1, 0.15) is 15.9 Å². The molecule has 0 spiro atoms. The lowest BCUT2D eigenvalue weighted by molar-refractivity contribution is -0.268. The zero-order chi connectivity index (χ0) is 14.7. The Hall–Kier alpha value is -2.04. The van der Waals surface area contributed by atoms with Gasteiger partial charge in [0.15, 0.2) is 0 Å². The Bertz CT molecular complexity index is 699. The zero-order valence-corrected chi connectivity index (χ0v) is 11.5. The molecule has 0 saturated heterocycles. The third-order valence-corrected chi connectivity index (χ3v) is 3.34. The van der Waals surface area contributed by atoms with Crippen LogP contribution in [0.25, 0.3) is 0 Å². The first-order valence-corrected chi connectivity index (χ1v) is 6.27. The maximum atomic E-state index is 11.6. The van der Waals surface area contributed by atoms with Crippen molar-refractivity contribution in [3.63, 3.8) is 0 Å². The third kappa shape index (κ3) is 3.10. The van der Waals surface area contributed by atoms with Gasteiger partial charge in [-0.3, -0.25) is 4.99 Å². The van der Waals surface area contributed by atoms with E-state index in [0.717, 1.165) is 0 Å². The molecular weight excluding hydrogens is 301 g/mol. The molecule has 0 atom stereocenters. The Morgan fingerprint density at radius 1 is 1.25 bits per heavy atom. The van der Waals surface area contributed by atoms with Crippen molar-refractivity contribution in [1.29, 1.82) is 0 Å². The van der Waals surface area contributed by atoms with Gasteiger partial charge in [-0.1, -0.05) is 35.3 Å². The van der Waals surface area contributed by atoms with E-state index in [9.17, 15) is 9.90 Å². The molecule has 0 aliphatic rings. The van der Waals surface area contributed by atoms with Gasteiger partial charge in [0.05, 0.1) is 21.3 Å². The topological polar surface area (TPSA) is 72.7 Å². The van der Waals surface area contributed by atoms with Crippen molar-refractivity contribution >= 4 is 41.1 Å². The van der Waals surface area contributed by atoms with Gasteiger partial charge in [-0.05, 0) is 29.8 Å². The number of aliphatic imine (C=N–C) groups is 1. The van der Waals surface area contributed by atoms with Crippen LogP contribution in [0.15, 0.2) is 41.4 Å². The highest BCUT2D eigenvalue weighted by atomic mass is 35.5. The van der Waals surface area contributed by atoms with Crippen LogP contribution < -0.4 is 5.11 Å². The highest BCUT2D eigenvalue weighted by Gasteiger charge is 2.04. The Balaban J connectivity index is 2.38. The van der Waals surface area contributed by atoms with Gasteiger partial charge in [-0.25, -0.2) is 4.79 Å². The Labute approximate surface area is 124 Å². The molecule has 0 unspecified atom stereocenters. The van der Waals surface area contributed by atoms with Crippen molar-refractivity contribution in [1.82, 2.24) is 0 Å². The van der Waals surface area contributed by atoms with E-state index in [-0.39, 0.29) is 21.9 Å². The number of halogens is 2. The molecule has 0 radical (unpaired) electrons. The lowest BCUT2D eigenvalue weighted by Gasteiger charge is -2.10. The fraction of sp³-hybridized carbons (Fsp3) is 0. The molecule has 0 aromatic heterocycles. The number of nitrogens with zero attached hydrogens (tertiary/aromatic N) is 1. The van der Waals surface area contributed by atoms with Crippen LogP contribution >= 0.6 is 23.2 Å². The number of benzene rings is 2. The molecule has 0 fully saturated rings. The molecule has 0 bridgehead atoms. The first-order chi connectivity index (χ1) is 9.49. The van der Waals surface area contributed by atoms with Crippen LogP contribution in [0.2, 0.25) is 10.0 Å². The molecule has 102 valence electrons. The van der Waals surface area contributed by atoms with Crippen molar-refractivity contribution in [2.75, 3.05) is 0 Å². The molecule has 0 aliphatic carbocycles. The fourth-order valence-electron chi connectivity index (χ4n) is 1.51. The Morgan fingerprint density at radius 3 is 2.70 bits per heavy atom. The molecule has 0 heterocycles. The molecule has 6 heteroatoms. The maximum Gasteiger partial charge on any atom is 0.335 e. The van der Waals surface area contributed by atoms with E-state index in [0.29, 0.717) is 10.7 Å². The minimum absolute atomic E-state index is 0.0169. The van der Waals surface area contributed by atoms with E-state index in [1.807, 2.05) is 0 Å². The number of aromatic carboxylic acids is 1. The van der Waals surface area contributed by atoms with Gasteiger partial charge < -0.3 is 10.2 Å². The smallest absolute Gasteiger partial charge is 0.335 e. The molecule has 2 aromatic carbocycles. The molecule has 2 aromatic rings. The van der Waals surface area contributed by atoms with Crippen molar-refractivity contribution in [2.45, 2.75) is 0 Å². The Kier molecular flexibility index (Phi) is 4.27. The normalized spacial score (nSPS) is 10.9. The van der Waals surface area contributed by atoms with Crippen LogP contribution in [0, 0.1) is 0 Å². The average Bonchev–Trinajstić information content (AvgIpc) is 2.41.